The Kier molecular flexibility index (Phi) is 8.26. The Bertz CT molecular complexity index is 360. The van der Waals surface area contributed by atoms with Crippen LogP contribution in [0.25, 0.3) is 0 Å². The molecule has 0 aliphatic carbocycles. The molecule has 4 nitrogen and oxygen atoms in total. The van der Waals surface area contributed by atoms with E-state index in [0.29, 0.717) is 12.6 Å². The zero-order valence-corrected chi connectivity index (χ0v) is 12.8. The molecule has 4 N–H and O–H groups in total. The van der Waals surface area contributed by atoms with Gasteiger partial charge >= 0.3 is 0 Å². The fourth-order valence-corrected chi connectivity index (χ4v) is 2.57. The normalized spacial score (nSPS) is 18.5. The lowest BCUT2D eigenvalue weighted by Crippen LogP contribution is -2.34. The van der Waals surface area contributed by atoms with Gasteiger partial charge < -0.3 is 16.2 Å². The van der Waals surface area contributed by atoms with Crippen molar-refractivity contribution in [3.63, 3.8) is 0 Å². The van der Waals surface area contributed by atoms with Crippen LogP contribution in [0.4, 0.5) is 0 Å². The van der Waals surface area contributed by atoms with Crippen LogP contribution >= 0.6 is 0 Å². The summed E-state index contributed by atoms with van der Waals surface area (Å²) < 4.78 is 5.06. The maximum atomic E-state index is 5.56. The second-order valence-corrected chi connectivity index (χ2v) is 5.05. The number of ether oxygens (including phenoxy) is 1. The molecule has 0 bridgehead atoms. The zero-order valence-electron chi connectivity index (χ0n) is 12.8. The predicted molar refractivity (Wildman–Crippen MR) is 85.1 cm³/mol. The third kappa shape index (κ3) is 5.49. The molecular formula is C16H29N3O. The Morgan fingerprint density at radius 2 is 2.15 bits per heavy atom. The topological polar surface area (TPSA) is 64.5 Å². The van der Waals surface area contributed by atoms with Gasteiger partial charge in [-0.05, 0) is 56.6 Å². The van der Waals surface area contributed by atoms with Crippen LogP contribution in [-0.4, -0.2) is 44.2 Å². The van der Waals surface area contributed by atoms with Gasteiger partial charge in [0.1, 0.15) is 5.75 Å². The van der Waals surface area contributed by atoms with Crippen molar-refractivity contribution >= 4 is 0 Å². The second-order valence-electron chi connectivity index (χ2n) is 5.05. The van der Waals surface area contributed by atoms with Crippen molar-refractivity contribution in [2.45, 2.75) is 32.2 Å². The summed E-state index contributed by atoms with van der Waals surface area (Å²) in [4.78, 5) is 2.46. The molecule has 1 aliphatic rings. The quantitative estimate of drug-likeness (QED) is 0.860. The van der Waals surface area contributed by atoms with E-state index in [0.717, 1.165) is 18.7 Å². The van der Waals surface area contributed by atoms with Crippen molar-refractivity contribution < 1.29 is 4.74 Å². The Labute approximate surface area is 123 Å². The van der Waals surface area contributed by atoms with Gasteiger partial charge in [0.15, 0.2) is 0 Å². The summed E-state index contributed by atoms with van der Waals surface area (Å²) in [6, 6.07) is 8.65. The molecule has 20 heavy (non-hydrogen) atoms. The van der Waals surface area contributed by atoms with Crippen LogP contribution in [0.2, 0.25) is 0 Å². The summed E-state index contributed by atoms with van der Waals surface area (Å²) in [5.74, 6) is 0.899. The van der Waals surface area contributed by atoms with Crippen molar-refractivity contribution in [1.29, 1.82) is 0 Å². The molecule has 0 spiro atoms. The second kappa shape index (κ2) is 9.75. The van der Waals surface area contributed by atoms with Crippen molar-refractivity contribution in [1.82, 2.24) is 4.90 Å². The smallest absolute Gasteiger partial charge is 0.119 e. The monoisotopic (exact) mass is 279 g/mol. The van der Waals surface area contributed by atoms with Crippen LogP contribution in [0.5, 0.6) is 5.75 Å². The number of methoxy groups -OCH3 is 1. The summed E-state index contributed by atoms with van der Waals surface area (Å²) in [5.41, 5.74) is 12.2. The average Bonchev–Trinajstić information content (AvgIpc) is 2.96. The summed E-state index contributed by atoms with van der Waals surface area (Å²) in [7, 11) is 1.67. The first-order chi connectivity index (χ1) is 9.74. The average molecular weight is 279 g/mol. The van der Waals surface area contributed by atoms with E-state index in [9.17, 15) is 0 Å². The van der Waals surface area contributed by atoms with E-state index in [2.05, 4.69) is 17.9 Å². The van der Waals surface area contributed by atoms with Crippen LogP contribution < -0.4 is 16.2 Å². The minimum Gasteiger partial charge on any atom is -0.497 e. The van der Waals surface area contributed by atoms with E-state index in [1.54, 1.807) is 7.11 Å². The van der Waals surface area contributed by atoms with Crippen molar-refractivity contribution in [3.05, 3.63) is 29.8 Å². The number of likely N-dealkylation sites (N-methyl/N-ethyl adjacent to an activating group) is 1. The SMILES string of the molecule is CCN1CCCC1CN.COc1cccc(CCN)c1. The number of hydrogen-bond acceptors (Lipinski definition) is 4. The molecule has 1 aliphatic heterocycles. The van der Waals surface area contributed by atoms with E-state index in [4.69, 9.17) is 16.2 Å². The lowest BCUT2D eigenvalue weighted by molar-refractivity contribution is 0.272. The minimum atomic E-state index is 0.688. The molecular weight excluding hydrogens is 250 g/mol. The van der Waals surface area contributed by atoms with E-state index < -0.39 is 0 Å². The first kappa shape index (κ1) is 17.0. The van der Waals surface area contributed by atoms with Gasteiger partial charge in [0.25, 0.3) is 0 Å². The molecule has 0 saturated carbocycles. The molecule has 1 aromatic carbocycles. The third-order valence-electron chi connectivity index (χ3n) is 3.74. The highest BCUT2D eigenvalue weighted by molar-refractivity contribution is 5.28. The molecule has 1 heterocycles. The Balaban J connectivity index is 0.000000204. The highest BCUT2D eigenvalue weighted by atomic mass is 16.5. The summed E-state index contributed by atoms with van der Waals surface area (Å²) in [6.45, 7) is 6.16. The molecule has 1 saturated heterocycles. The Hall–Kier alpha value is -1.10. The fraction of sp³-hybridized carbons (Fsp3) is 0.625. The lowest BCUT2D eigenvalue weighted by atomic mass is 10.1. The third-order valence-corrected chi connectivity index (χ3v) is 3.74. The molecule has 2 rings (SSSR count). The maximum Gasteiger partial charge on any atom is 0.119 e. The summed E-state index contributed by atoms with van der Waals surface area (Å²) in [6.07, 6.45) is 3.57. The number of hydrogen-bond donors (Lipinski definition) is 2. The predicted octanol–water partition coefficient (Wildman–Crippen LogP) is 1.63. The van der Waals surface area contributed by atoms with Crippen molar-refractivity contribution in [2.75, 3.05) is 33.3 Å². The molecule has 0 aromatic heterocycles. The minimum absolute atomic E-state index is 0.688. The fourth-order valence-electron chi connectivity index (χ4n) is 2.57. The van der Waals surface area contributed by atoms with E-state index in [1.165, 1.54) is 31.5 Å². The van der Waals surface area contributed by atoms with Crippen LogP contribution in [0.3, 0.4) is 0 Å². The molecule has 1 unspecified atom stereocenters. The zero-order chi connectivity index (χ0) is 14.8. The molecule has 1 aromatic rings. The van der Waals surface area contributed by atoms with E-state index in [1.807, 2.05) is 18.2 Å². The van der Waals surface area contributed by atoms with Gasteiger partial charge in [-0.15, -0.1) is 0 Å². The molecule has 0 amide bonds. The van der Waals surface area contributed by atoms with Gasteiger partial charge in [-0.1, -0.05) is 19.1 Å². The van der Waals surface area contributed by atoms with Gasteiger partial charge in [-0.2, -0.15) is 0 Å². The molecule has 1 atom stereocenters. The van der Waals surface area contributed by atoms with E-state index >= 15 is 0 Å². The van der Waals surface area contributed by atoms with Crippen molar-refractivity contribution in [3.8, 4) is 5.75 Å². The highest BCUT2D eigenvalue weighted by Gasteiger charge is 2.20. The maximum absolute atomic E-state index is 5.56. The van der Waals surface area contributed by atoms with Gasteiger partial charge in [-0.25, -0.2) is 0 Å². The van der Waals surface area contributed by atoms with Crippen molar-refractivity contribution in [2.24, 2.45) is 11.5 Å². The van der Waals surface area contributed by atoms with Crippen LogP contribution in [0.1, 0.15) is 25.3 Å². The molecule has 1 fully saturated rings. The number of nitrogens with two attached hydrogens (primary N) is 2. The highest BCUT2D eigenvalue weighted by Crippen LogP contribution is 2.14. The summed E-state index contributed by atoms with van der Waals surface area (Å²) >= 11 is 0. The van der Waals surface area contributed by atoms with Crippen LogP contribution in [-0.2, 0) is 6.42 Å². The largest absolute Gasteiger partial charge is 0.497 e. The van der Waals surface area contributed by atoms with E-state index in [-0.39, 0.29) is 0 Å². The lowest BCUT2D eigenvalue weighted by Gasteiger charge is -2.20. The Morgan fingerprint density at radius 1 is 1.35 bits per heavy atom. The summed E-state index contributed by atoms with van der Waals surface area (Å²) in [5, 5.41) is 0. The standard InChI is InChI=1S/C9H13NO.C7H16N2/c1-11-9-4-2-3-8(7-9)5-6-10;1-2-9-5-3-4-7(9)6-8/h2-4,7H,5-6,10H2,1H3;7H,2-6,8H2,1H3. The van der Waals surface area contributed by atoms with Gasteiger partial charge in [-0.3, -0.25) is 4.90 Å². The molecule has 4 heteroatoms. The first-order valence-electron chi connectivity index (χ1n) is 7.52. The first-order valence-corrected chi connectivity index (χ1v) is 7.52. The molecule has 0 radical (unpaired) electrons. The van der Waals surface area contributed by atoms with Gasteiger partial charge in [0, 0.05) is 12.6 Å². The molecule has 114 valence electrons. The number of nitrogens with zero attached hydrogens (tertiary/aromatic N) is 1. The van der Waals surface area contributed by atoms with Crippen LogP contribution in [0.15, 0.2) is 24.3 Å². The number of benzene rings is 1. The number of rotatable bonds is 5. The Morgan fingerprint density at radius 3 is 2.70 bits per heavy atom. The van der Waals surface area contributed by atoms with Gasteiger partial charge in [0.2, 0.25) is 0 Å². The van der Waals surface area contributed by atoms with Gasteiger partial charge in [0.05, 0.1) is 7.11 Å². The number of likely N-dealkylation sites (tertiary alicyclic amines) is 1. The van der Waals surface area contributed by atoms with Crippen LogP contribution in [0, 0.1) is 0 Å².